The molecule has 5 heterocycles. The Kier molecular flexibility index (Phi) is 5.20. The highest BCUT2D eigenvalue weighted by atomic mass is 16.5. The number of hydrogen-bond acceptors (Lipinski definition) is 8. The Morgan fingerprint density at radius 2 is 1.91 bits per heavy atom. The monoisotopic (exact) mass is 450 g/mol. The third kappa shape index (κ3) is 3.64. The van der Waals surface area contributed by atoms with E-state index in [9.17, 15) is 9.90 Å². The second-order valence-corrected chi connectivity index (χ2v) is 8.85. The standard InChI is InChI=1S/C23H26N6O4/c30-16-5-8-27(9-6-16)10-11-28-17-3-1-2-4-18(17)29-14-24-19(20(29)23(28)31)21-25-22(33-26-21)15-7-12-32-13-15/h1-4,14-16,30H,5-13H2. The molecule has 0 bridgehead atoms. The highest BCUT2D eigenvalue weighted by molar-refractivity contribution is 5.83. The lowest BCUT2D eigenvalue weighted by molar-refractivity contribution is 0.0810. The molecular formula is C23H26N6O4. The summed E-state index contributed by atoms with van der Waals surface area (Å²) >= 11 is 0. The zero-order valence-corrected chi connectivity index (χ0v) is 18.3. The van der Waals surface area contributed by atoms with Gasteiger partial charge in [0.05, 0.1) is 29.7 Å². The minimum absolute atomic E-state index is 0.0840. The molecule has 2 aliphatic heterocycles. The number of aromatic nitrogens is 5. The lowest BCUT2D eigenvalue weighted by Gasteiger charge is -2.29. The molecule has 0 spiro atoms. The van der Waals surface area contributed by atoms with E-state index < -0.39 is 0 Å². The van der Waals surface area contributed by atoms with Crippen LogP contribution in [0.1, 0.15) is 31.1 Å². The average molecular weight is 450 g/mol. The molecule has 172 valence electrons. The smallest absolute Gasteiger partial charge is 0.277 e. The summed E-state index contributed by atoms with van der Waals surface area (Å²) in [5.74, 6) is 0.932. The van der Waals surface area contributed by atoms with Crippen LogP contribution in [0.3, 0.4) is 0 Å². The number of likely N-dealkylation sites (tertiary alicyclic amines) is 1. The van der Waals surface area contributed by atoms with Crippen LogP contribution in [0.4, 0.5) is 0 Å². The number of benzene rings is 1. The number of hydrogen-bond donors (Lipinski definition) is 1. The summed E-state index contributed by atoms with van der Waals surface area (Å²) in [6, 6.07) is 7.84. The van der Waals surface area contributed by atoms with Crippen molar-refractivity contribution in [2.45, 2.75) is 37.8 Å². The van der Waals surface area contributed by atoms with E-state index in [1.54, 1.807) is 6.33 Å². The van der Waals surface area contributed by atoms with E-state index in [1.807, 2.05) is 33.2 Å². The fraction of sp³-hybridized carbons (Fsp3) is 0.478. The van der Waals surface area contributed by atoms with Crippen molar-refractivity contribution in [3.05, 3.63) is 46.8 Å². The molecule has 1 N–H and O–H groups in total. The van der Waals surface area contributed by atoms with Crippen LogP contribution < -0.4 is 5.56 Å². The zero-order valence-electron chi connectivity index (χ0n) is 18.3. The van der Waals surface area contributed by atoms with Crippen LogP contribution in [-0.4, -0.2) is 73.1 Å². The van der Waals surface area contributed by atoms with Gasteiger partial charge in [-0.25, -0.2) is 4.98 Å². The van der Waals surface area contributed by atoms with Gasteiger partial charge in [-0.15, -0.1) is 0 Å². The predicted octanol–water partition coefficient (Wildman–Crippen LogP) is 1.66. The fourth-order valence-corrected chi connectivity index (χ4v) is 4.87. The number of aliphatic hydroxyl groups excluding tert-OH is 1. The van der Waals surface area contributed by atoms with Gasteiger partial charge in [-0.05, 0) is 31.4 Å². The summed E-state index contributed by atoms with van der Waals surface area (Å²) in [4.78, 5) is 25.1. The number of nitrogens with zero attached hydrogens (tertiary/aromatic N) is 6. The summed E-state index contributed by atoms with van der Waals surface area (Å²) in [7, 11) is 0. The molecule has 0 aliphatic carbocycles. The third-order valence-corrected chi connectivity index (χ3v) is 6.78. The van der Waals surface area contributed by atoms with Crippen LogP contribution in [0, 0.1) is 0 Å². The molecule has 33 heavy (non-hydrogen) atoms. The first-order valence-corrected chi connectivity index (χ1v) is 11.5. The van der Waals surface area contributed by atoms with Gasteiger partial charge in [0.2, 0.25) is 11.7 Å². The molecule has 1 unspecified atom stereocenters. The van der Waals surface area contributed by atoms with Crippen molar-refractivity contribution in [1.82, 2.24) is 29.0 Å². The first-order valence-electron chi connectivity index (χ1n) is 11.5. The SMILES string of the molecule is O=c1c2c(-c3noc(C4CCOC4)n3)ncn2c2ccccc2n1CCN1CCC(O)CC1. The summed E-state index contributed by atoms with van der Waals surface area (Å²) in [6.45, 7) is 4.21. The van der Waals surface area contributed by atoms with Gasteiger partial charge in [0, 0.05) is 32.8 Å². The zero-order chi connectivity index (χ0) is 22.4. The van der Waals surface area contributed by atoms with E-state index >= 15 is 0 Å². The Hall–Kier alpha value is -3.08. The Morgan fingerprint density at radius 3 is 2.70 bits per heavy atom. The van der Waals surface area contributed by atoms with E-state index in [0.717, 1.165) is 49.9 Å². The van der Waals surface area contributed by atoms with Crippen LogP contribution in [0.2, 0.25) is 0 Å². The first kappa shape index (κ1) is 20.5. The minimum Gasteiger partial charge on any atom is -0.393 e. The highest BCUT2D eigenvalue weighted by Gasteiger charge is 2.26. The Labute approximate surface area is 189 Å². The van der Waals surface area contributed by atoms with Crippen LogP contribution >= 0.6 is 0 Å². The number of para-hydroxylation sites is 2. The number of ether oxygens (including phenoxy) is 1. The van der Waals surface area contributed by atoms with Gasteiger partial charge in [-0.2, -0.15) is 4.98 Å². The van der Waals surface area contributed by atoms with Gasteiger partial charge < -0.3 is 23.8 Å². The largest absolute Gasteiger partial charge is 0.393 e. The molecule has 0 amide bonds. The second-order valence-electron chi connectivity index (χ2n) is 8.85. The number of piperidine rings is 1. The van der Waals surface area contributed by atoms with Crippen LogP contribution in [0.5, 0.6) is 0 Å². The third-order valence-electron chi connectivity index (χ3n) is 6.78. The number of rotatable bonds is 5. The molecule has 1 atom stereocenters. The minimum atomic E-state index is -0.217. The van der Waals surface area contributed by atoms with E-state index in [0.29, 0.717) is 42.7 Å². The van der Waals surface area contributed by atoms with Crippen molar-refractivity contribution in [2.75, 3.05) is 32.8 Å². The Bertz CT molecular complexity index is 1340. The molecule has 10 nitrogen and oxygen atoms in total. The molecule has 2 aliphatic rings. The van der Waals surface area contributed by atoms with Gasteiger partial charge in [0.25, 0.3) is 5.56 Å². The predicted molar refractivity (Wildman–Crippen MR) is 120 cm³/mol. The number of fused-ring (bicyclic) bond motifs is 3. The maximum atomic E-state index is 13.7. The van der Waals surface area contributed by atoms with E-state index in [1.165, 1.54) is 0 Å². The summed E-state index contributed by atoms with van der Waals surface area (Å²) in [5.41, 5.74) is 2.49. The van der Waals surface area contributed by atoms with E-state index in [2.05, 4.69) is 20.0 Å². The fourth-order valence-electron chi connectivity index (χ4n) is 4.87. The summed E-state index contributed by atoms with van der Waals surface area (Å²) < 4.78 is 14.5. The van der Waals surface area contributed by atoms with Gasteiger partial charge in [-0.1, -0.05) is 17.3 Å². The van der Waals surface area contributed by atoms with Crippen molar-refractivity contribution < 1.29 is 14.4 Å². The second kappa shape index (κ2) is 8.36. The lowest BCUT2D eigenvalue weighted by Crippen LogP contribution is -2.39. The van der Waals surface area contributed by atoms with Crippen molar-refractivity contribution >= 4 is 16.6 Å². The highest BCUT2D eigenvalue weighted by Crippen LogP contribution is 2.27. The van der Waals surface area contributed by atoms with Gasteiger partial charge >= 0.3 is 0 Å². The van der Waals surface area contributed by atoms with E-state index in [4.69, 9.17) is 9.26 Å². The average Bonchev–Trinajstić information content (AvgIpc) is 3.60. The maximum Gasteiger partial charge on any atom is 0.277 e. The summed E-state index contributed by atoms with van der Waals surface area (Å²) in [5, 5.41) is 13.9. The van der Waals surface area contributed by atoms with Gasteiger partial charge in [0.15, 0.2) is 0 Å². The van der Waals surface area contributed by atoms with Crippen molar-refractivity contribution in [3.63, 3.8) is 0 Å². The van der Waals surface area contributed by atoms with Crippen LogP contribution in [0.15, 0.2) is 39.9 Å². The molecule has 4 aromatic rings. The van der Waals surface area contributed by atoms with Crippen molar-refractivity contribution in [2.24, 2.45) is 0 Å². The molecular weight excluding hydrogens is 424 g/mol. The summed E-state index contributed by atoms with van der Waals surface area (Å²) in [6.07, 6.45) is 3.82. The number of imidazole rings is 1. The maximum absolute atomic E-state index is 13.7. The van der Waals surface area contributed by atoms with Gasteiger partial charge in [-0.3, -0.25) is 9.20 Å². The molecule has 3 aromatic heterocycles. The molecule has 10 heteroatoms. The molecule has 1 aromatic carbocycles. The van der Waals surface area contributed by atoms with Gasteiger partial charge in [0.1, 0.15) is 17.5 Å². The van der Waals surface area contributed by atoms with Crippen LogP contribution in [-0.2, 0) is 11.3 Å². The Balaban J connectivity index is 1.41. The molecule has 0 radical (unpaired) electrons. The number of aliphatic hydroxyl groups is 1. The first-order chi connectivity index (χ1) is 16.2. The Morgan fingerprint density at radius 1 is 1.09 bits per heavy atom. The molecule has 2 fully saturated rings. The molecule has 6 rings (SSSR count). The topological polar surface area (TPSA) is 111 Å². The van der Waals surface area contributed by atoms with E-state index in [-0.39, 0.29) is 17.6 Å². The molecule has 0 saturated carbocycles. The lowest BCUT2D eigenvalue weighted by atomic mass is 10.1. The molecule has 2 saturated heterocycles. The quantitative estimate of drug-likeness (QED) is 0.489. The van der Waals surface area contributed by atoms with Crippen LogP contribution in [0.25, 0.3) is 28.1 Å². The normalized spacial score (nSPS) is 20.3. The van der Waals surface area contributed by atoms with Crippen molar-refractivity contribution in [1.29, 1.82) is 0 Å². The van der Waals surface area contributed by atoms with Crippen molar-refractivity contribution in [3.8, 4) is 11.5 Å².